The minimum absolute atomic E-state index is 1.09. The zero-order chi connectivity index (χ0) is 10.8. The fraction of sp³-hybridized carbons (Fsp3) is 1.00. The van der Waals surface area contributed by atoms with E-state index in [0.717, 1.165) is 11.8 Å². The maximum absolute atomic E-state index is 2.32. The number of hydrogen-bond donors (Lipinski definition) is 0. The second kappa shape index (κ2) is 9.55. The molecule has 14 heavy (non-hydrogen) atoms. The fourth-order valence-corrected chi connectivity index (χ4v) is 2.63. The van der Waals surface area contributed by atoms with E-state index in [1.807, 2.05) is 13.8 Å². The molecule has 86 valence electrons. The van der Waals surface area contributed by atoms with Crippen LogP contribution in [0.3, 0.4) is 0 Å². The van der Waals surface area contributed by atoms with Gasteiger partial charge in [0.25, 0.3) is 0 Å². The lowest BCUT2D eigenvalue weighted by atomic mass is 9.78. The predicted octanol–water partition coefficient (Wildman–Crippen LogP) is 5.42. The molecule has 0 unspecified atom stereocenters. The monoisotopic (exact) mass is 198 g/mol. The van der Waals surface area contributed by atoms with Gasteiger partial charge in [0.1, 0.15) is 0 Å². The van der Waals surface area contributed by atoms with E-state index >= 15 is 0 Å². The predicted molar refractivity (Wildman–Crippen MR) is 66.6 cm³/mol. The summed E-state index contributed by atoms with van der Waals surface area (Å²) in [5.74, 6) is 2.17. The Labute approximate surface area is 91.5 Å². The van der Waals surface area contributed by atoms with Gasteiger partial charge < -0.3 is 0 Å². The molecular formula is C14H30. The standard InChI is InChI=1S/C12H24.C2H6/c1-3-5-11-7-9-12(6-4-2)10-8-11;1-2/h11-12H,3-10H2,1-2H3;1-2H3. The topological polar surface area (TPSA) is 0 Å². The average molecular weight is 198 g/mol. The average Bonchev–Trinajstić information content (AvgIpc) is 2.25. The minimum atomic E-state index is 1.09. The lowest BCUT2D eigenvalue weighted by molar-refractivity contribution is 0.251. The second-order valence-electron chi connectivity index (χ2n) is 4.46. The number of rotatable bonds is 4. The molecule has 1 aliphatic carbocycles. The Hall–Kier alpha value is 0. The van der Waals surface area contributed by atoms with Crippen molar-refractivity contribution >= 4 is 0 Å². The first-order valence-electron chi connectivity index (χ1n) is 6.86. The molecule has 1 fully saturated rings. The van der Waals surface area contributed by atoms with E-state index in [2.05, 4.69) is 13.8 Å². The summed E-state index contributed by atoms with van der Waals surface area (Å²) in [6, 6.07) is 0. The molecule has 0 heteroatoms. The van der Waals surface area contributed by atoms with E-state index in [1.165, 1.54) is 51.4 Å². The highest BCUT2D eigenvalue weighted by Gasteiger charge is 2.19. The fourth-order valence-electron chi connectivity index (χ4n) is 2.63. The van der Waals surface area contributed by atoms with Gasteiger partial charge in [0.2, 0.25) is 0 Å². The van der Waals surface area contributed by atoms with Crippen LogP contribution in [0.5, 0.6) is 0 Å². The van der Waals surface area contributed by atoms with Gasteiger partial charge in [-0.3, -0.25) is 0 Å². The summed E-state index contributed by atoms with van der Waals surface area (Å²) in [5, 5.41) is 0. The van der Waals surface area contributed by atoms with Gasteiger partial charge in [-0.2, -0.15) is 0 Å². The molecule has 0 aromatic heterocycles. The Bertz CT molecular complexity index is 84.6. The molecule has 0 atom stereocenters. The van der Waals surface area contributed by atoms with Crippen molar-refractivity contribution in [2.45, 2.75) is 79.1 Å². The third kappa shape index (κ3) is 5.67. The first-order chi connectivity index (χ1) is 6.86. The summed E-state index contributed by atoms with van der Waals surface area (Å²) < 4.78 is 0. The van der Waals surface area contributed by atoms with Crippen LogP contribution < -0.4 is 0 Å². The molecule has 0 bridgehead atoms. The van der Waals surface area contributed by atoms with Crippen LogP contribution in [0.25, 0.3) is 0 Å². The summed E-state index contributed by atoms with van der Waals surface area (Å²) in [6.45, 7) is 8.64. The van der Waals surface area contributed by atoms with Crippen LogP contribution in [0.15, 0.2) is 0 Å². The van der Waals surface area contributed by atoms with Gasteiger partial charge in [-0.25, -0.2) is 0 Å². The van der Waals surface area contributed by atoms with Crippen LogP contribution >= 0.6 is 0 Å². The Morgan fingerprint density at radius 3 is 1.21 bits per heavy atom. The van der Waals surface area contributed by atoms with Crippen LogP contribution in [0.4, 0.5) is 0 Å². The van der Waals surface area contributed by atoms with E-state index in [0.29, 0.717) is 0 Å². The molecule has 0 spiro atoms. The smallest absolute Gasteiger partial charge is 0.0414 e. The van der Waals surface area contributed by atoms with Crippen LogP contribution in [-0.2, 0) is 0 Å². The van der Waals surface area contributed by atoms with Gasteiger partial charge >= 0.3 is 0 Å². The van der Waals surface area contributed by atoms with Gasteiger partial charge in [0, 0.05) is 0 Å². The zero-order valence-corrected chi connectivity index (χ0v) is 10.8. The van der Waals surface area contributed by atoms with Crippen LogP contribution in [-0.4, -0.2) is 0 Å². The molecule has 1 aliphatic rings. The Balaban J connectivity index is 0.000000791. The van der Waals surface area contributed by atoms with Gasteiger partial charge in [-0.15, -0.1) is 0 Å². The highest BCUT2D eigenvalue weighted by Crippen LogP contribution is 2.33. The summed E-state index contributed by atoms with van der Waals surface area (Å²) in [7, 11) is 0. The lowest BCUT2D eigenvalue weighted by Gasteiger charge is -2.27. The van der Waals surface area contributed by atoms with E-state index in [-0.39, 0.29) is 0 Å². The molecule has 0 amide bonds. The molecule has 0 aliphatic heterocycles. The normalized spacial score (nSPS) is 26.6. The van der Waals surface area contributed by atoms with Crippen molar-refractivity contribution in [1.82, 2.24) is 0 Å². The van der Waals surface area contributed by atoms with Crippen molar-refractivity contribution in [1.29, 1.82) is 0 Å². The SMILES string of the molecule is CC.CCCC1CCC(CCC)CC1. The lowest BCUT2D eigenvalue weighted by Crippen LogP contribution is -2.14. The van der Waals surface area contributed by atoms with E-state index in [1.54, 1.807) is 0 Å². The van der Waals surface area contributed by atoms with Crippen molar-refractivity contribution in [2.24, 2.45) is 11.8 Å². The minimum Gasteiger partial charge on any atom is -0.0683 e. The highest BCUT2D eigenvalue weighted by molar-refractivity contribution is 4.71. The Morgan fingerprint density at radius 1 is 0.714 bits per heavy atom. The van der Waals surface area contributed by atoms with Crippen LogP contribution in [0, 0.1) is 11.8 Å². The largest absolute Gasteiger partial charge is 0.0683 e. The Morgan fingerprint density at radius 2 is 1.00 bits per heavy atom. The van der Waals surface area contributed by atoms with E-state index in [9.17, 15) is 0 Å². The second-order valence-corrected chi connectivity index (χ2v) is 4.46. The molecule has 0 aromatic rings. The molecule has 0 radical (unpaired) electrons. The van der Waals surface area contributed by atoms with Crippen molar-refractivity contribution in [2.75, 3.05) is 0 Å². The molecule has 0 aromatic carbocycles. The molecule has 1 rings (SSSR count). The molecule has 0 heterocycles. The summed E-state index contributed by atoms with van der Waals surface area (Å²) >= 11 is 0. The van der Waals surface area contributed by atoms with Gasteiger partial charge in [-0.05, 0) is 11.8 Å². The third-order valence-electron chi connectivity index (χ3n) is 3.36. The summed E-state index contributed by atoms with van der Waals surface area (Å²) in [5.41, 5.74) is 0. The van der Waals surface area contributed by atoms with Gasteiger partial charge in [0.15, 0.2) is 0 Å². The maximum atomic E-state index is 2.32. The van der Waals surface area contributed by atoms with Crippen molar-refractivity contribution in [3.05, 3.63) is 0 Å². The van der Waals surface area contributed by atoms with Crippen molar-refractivity contribution < 1.29 is 0 Å². The van der Waals surface area contributed by atoms with E-state index in [4.69, 9.17) is 0 Å². The first kappa shape index (κ1) is 14.0. The van der Waals surface area contributed by atoms with Gasteiger partial charge in [0.05, 0.1) is 0 Å². The summed E-state index contributed by atoms with van der Waals surface area (Å²) in [6.07, 6.45) is 11.9. The molecule has 0 saturated heterocycles. The van der Waals surface area contributed by atoms with Crippen LogP contribution in [0.2, 0.25) is 0 Å². The maximum Gasteiger partial charge on any atom is -0.0414 e. The van der Waals surface area contributed by atoms with Crippen molar-refractivity contribution in [3.63, 3.8) is 0 Å². The molecule has 1 saturated carbocycles. The van der Waals surface area contributed by atoms with Crippen LogP contribution in [0.1, 0.15) is 79.1 Å². The first-order valence-corrected chi connectivity index (χ1v) is 6.86. The zero-order valence-electron chi connectivity index (χ0n) is 10.8. The van der Waals surface area contributed by atoms with Gasteiger partial charge in [-0.1, -0.05) is 79.1 Å². The Kier molecular flexibility index (Phi) is 9.55. The molecular weight excluding hydrogens is 168 g/mol. The quantitative estimate of drug-likeness (QED) is 0.566. The summed E-state index contributed by atoms with van der Waals surface area (Å²) in [4.78, 5) is 0. The van der Waals surface area contributed by atoms with E-state index < -0.39 is 0 Å². The van der Waals surface area contributed by atoms with Crippen molar-refractivity contribution in [3.8, 4) is 0 Å². The molecule has 0 nitrogen and oxygen atoms in total. The number of hydrogen-bond acceptors (Lipinski definition) is 0. The third-order valence-corrected chi connectivity index (χ3v) is 3.36. The molecule has 0 N–H and O–H groups in total. The highest BCUT2D eigenvalue weighted by atomic mass is 14.2.